The first-order valence-electron chi connectivity index (χ1n) is 10.6. The van der Waals surface area contributed by atoms with Crippen molar-refractivity contribution in [2.24, 2.45) is 0 Å². The van der Waals surface area contributed by atoms with Gasteiger partial charge in [0.15, 0.2) is 0 Å². The molecule has 1 aliphatic heterocycles. The Kier molecular flexibility index (Phi) is 7.44. The fourth-order valence-corrected chi connectivity index (χ4v) is 3.51. The molecule has 0 atom stereocenters. The molecule has 1 aromatic carbocycles. The molecule has 156 valence electrons. The summed E-state index contributed by atoms with van der Waals surface area (Å²) in [6.45, 7) is 8.06. The number of aromatic nitrogens is 2. The van der Waals surface area contributed by atoms with Gasteiger partial charge >= 0.3 is 0 Å². The minimum absolute atomic E-state index is 0.0645. The van der Waals surface area contributed by atoms with Gasteiger partial charge in [-0.1, -0.05) is 19.8 Å². The summed E-state index contributed by atoms with van der Waals surface area (Å²) in [5.74, 6) is 2.22. The lowest BCUT2D eigenvalue weighted by molar-refractivity contribution is 0.0587. The highest BCUT2D eigenvalue weighted by molar-refractivity contribution is 5.94. The summed E-state index contributed by atoms with van der Waals surface area (Å²) in [5.41, 5.74) is 1.60. The van der Waals surface area contributed by atoms with Crippen LogP contribution >= 0.6 is 0 Å². The molecule has 3 rings (SSSR count). The molecule has 0 N–H and O–H groups in total. The van der Waals surface area contributed by atoms with Gasteiger partial charge in [0.1, 0.15) is 17.7 Å². The van der Waals surface area contributed by atoms with Crippen molar-refractivity contribution in [3.63, 3.8) is 0 Å². The average Bonchev–Trinajstić information content (AvgIpc) is 2.71. The molecule has 1 amide bonds. The van der Waals surface area contributed by atoms with Crippen LogP contribution in [0.3, 0.4) is 0 Å². The number of nitrogens with zero attached hydrogens (tertiary/aromatic N) is 3. The van der Waals surface area contributed by atoms with Crippen molar-refractivity contribution >= 4 is 5.91 Å². The minimum atomic E-state index is 0.0645. The lowest BCUT2D eigenvalue weighted by Crippen LogP contribution is -2.41. The summed E-state index contributed by atoms with van der Waals surface area (Å²) in [7, 11) is 0. The van der Waals surface area contributed by atoms with Crippen LogP contribution in [0.5, 0.6) is 11.6 Å². The highest BCUT2D eigenvalue weighted by atomic mass is 16.5. The van der Waals surface area contributed by atoms with Crippen LogP contribution in [0.1, 0.15) is 60.9 Å². The number of piperidine rings is 1. The number of unbranched alkanes of at least 4 members (excludes halogenated alkanes) is 2. The van der Waals surface area contributed by atoms with Gasteiger partial charge in [0.25, 0.3) is 5.91 Å². The van der Waals surface area contributed by atoms with Gasteiger partial charge in [-0.25, -0.2) is 4.98 Å². The predicted octanol–water partition coefficient (Wildman–Crippen LogP) is 4.35. The Hall–Kier alpha value is -2.63. The molecule has 29 heavy (non-hydrogen) atoms. The molecule has 1 fully saturated rings. The van der Waals surface area contributed by atoms with E-state index in [1.165, 1.54) is 12.8 Å². The molecule has 2 heterocycles. The maximum atomic E-state index is 12.8. The monoisotopic (exact) mass is 397 g/mol. The third kappa shape index (κ3) is 6.17. The van der Waals surface area contributed by atoms with Crippen LogP contribution in [-0.4, -0.2) is 46.6 Å². The Labute approximate surface area is 173 Å². The molecular weight excluding hydrogens is 366 g/mol. The molecule has 2 aromatic rings. The fraction of sp³-hybridized carbons (Fsp3) is 0.522. The van der Waals surface area contributed by atoms with E-state index in [9.17, 15) is 4.79 Å². The maximum absolute atomic E-state index is 12.8. The fourth-order valence-electron chi connectivity index (χ4n) is 3.51. The van der Waals surface area contributed by atoms with Gasteiger partial charge in [-0.05, 0) is 44.5 Å². The van der Waals surface area contributed by atoms with Crippen molar-refractivity contribution < 1.29 is 14.3 Å². The van der Waals surface area contributed by atoms with Gasteiger partial charge in [0.05, 0.1) is 6.61 Å². The van der Waals surface area contributed by atoms with Crippen molar-refractivity contribution in [2.75, 3.05) is 19.7 Å². The molecule has 6 heteroatoms. The quantitative estimate of drug-likeness (QED) is 0.620. The zero-order valence-corrected chi connectivity index (χ0v) is 17.7. The summed E-state index contributed by atoms with van der Waals surface area (Å²) >= 11 is 0. The van der Waals surface area contributed by atoms with Crippen LogP contribution in [0, 0.1) is 13.8 Å². The Balaban J connectivity index is 1.48. The Morgan fingerprint density at radius 3 is 2.48 bits per heavy atom. The predicted molar refractivity (Wildman–Crippen MR) is 113 cm³/mol. The van der Waals surface area contributed by atoms with Crippen LogP contribution < -0.4 is 9.47 Å². The standard InChI is InChI=1S/C23H31N3O3/c1-4-5-6-15-28-20-9-7-19(8-10-20)23(27)26-13-11-21(12-14-26)29-22-16-17(2)24-18(3)25-22/h7-10,16,21H,4-6,11-15H2,1-3H3. The van der Waals surface area contributed by atoms with E-state index in [0.717, 1.165) is 37.3 Å². The first-order valence-corrected chi connectivity index (χ1v) is 10.6. The maximum Gasteiger partial charge on any atom is 0.253 e. The molecule has 0 unspecified atom stereocenters. The molecule has 1 aliphatic rings. The number of aryl methyl sites for hydroxylation is 2. The molecule has 0 aliphatic carbocycles. The zero-order chi connectivity index (χ0) is 20.6. The minimum Gasteiger partial charge on any atom is -0.494 e. The molecular formula is C23H31N3O3. The number of likely N-dealkylation sites (tertiary alicyclic amines) is 1. The lowest BCUT2D eigenvalue weighted by atomic mass is 10.1. The zero-order valence-electron chi connectivity index (χ0n) is 17.7. The van der Waals surface area contributed by atoms with Gasteiger partial charge in [0.2, 0.25) is 5.88 Å². The third-order valence-electron chi connectivity index (χ3n) is 5.08. The topological polar surface area (TPSA) is 64.5 Å². The number of carbonyl (C=O) groups is 1. The number of hydrogen-bond acceptors (Lipinski definition) is 5. The van der Waals surface area contributed by atoms with E-state index < -0.39 is 0 Å². The van der Waals surface area contributed by atoms with E-state index in [4.69, 9.17) is 9.47 Å². The number of rotatable bonds is 8. The lowest BCUT2D eigenvalue weighted by Gasteiger charge is -2.32. The van der Waals surface area contributed by atoms with Gasteiger partial charge in [-0.3, -0.25) is 4.79 Å². The van der Waals surface area contributed by atoms with Gasteiger partial charge in [-0.15, -0.1) is 0 Å². The number of hydrogen-bond donors (Lipinski definition) is 0. The summed E-state index contributed by atoms with van der Waals surface area (Å²) < 4.78 is 11.7. The molecule has 0 radical (unpaired) electrons. The second kappa shape index (κ2) is 10.2. The number of amides is 1. The van der Waals surface area contributed by atoms with E-state index in [1.54, 1.807) is 0 Å². The van der Waals surface area contributed by atoms with Crippen molar-refractivity contribution in [1.82, 2.24) is 14.9 Å². The number of ether oxygens (including phenoxy) is 2. The summed E-state index contributed by atoms with van der Waals surface area (Å²) in [5, 5.41) is 0. The highest BCUT2D eigenvalue weighted by Gasteiger charge is 2.25. The Morgan fingerprint density at radius 1 is 1.10 bits per heavy atom. The van der Waals surface area contributed by atoms with Crippen LogP contribution in [-0.2, 0) is 0 Å². The third-order valence-corrected chi connectivity index (χ3v) is 5.08. The van der Waals surface area contributed by atoms with E-state index in [1.807, 2.05) is 49.1 Å². The van der Waals surface area contributed by atoms with Crippen LogP contribution in [0.25, 0.3) is 0 Å². The van der Waals surface area contributed by atoms with Gasteiger partial charge in [0, 0.05) is 43.3 Å². The highest BCUT2D eigenvalue weighted by Crippen LogP contribution is 2.20. The van der Waals surface area contributed by atoms with E-state index >= 15 is 0 Å². The molecule has 6 nitrogen and oxygen atoms in total. The molecule has 0 spiro atoms. The van der Waals surface area contributed by atoms with Crippen molar-refractivity contribution in [3.8, 4) is 11.6 Å². The summed E-state index contributed by atoms with van der Waals surface area (Å²) in [6, 6.07) is 9.33. The Bertz CT molecular complexity index is 779. The van der Waals surface area contributed by atoms with E-state index in [-0.39, 0.29) is 12.0 Å². The Morgan fingerprint density at radius 2 is 1.83 bits per heavy atom. The van der Waals surface area contributed by atoms with Crippen molar-refractivity contribution in [3.05, 3.63) is 47.4 Å². The van der Waals surface area contributed by atoms with Crippen molar-refractivity contribution in [2.45, 2.75) is 59.0 Å². The first-order chi connectivity index (χ1) is 14.0. The van der Waals surface area contributed by atoms with Crippen LogP contribution in [0.2, 0.25) is 0 Å². The van der Waals surface area contributed by atoms with Crippen LogP contribution in [0.4, 0.5) is 0 Å². The van der Waals surface area contributed by atoms with E-state index in [2.05, 4.69) is 16.9 Å². The SMILES string of the molecule is CCCCCOc1ccc(C(=O)N2CCC(Oc3cc(C)nc(C)n3)CC2)cc1. The van der Waals surface area contributed by atoms with Gasteiger partial charge in [-0.2, -0.15) is 4.98 Å². The largest absolute Gasteiger partial charge is 0.494 e. The molecule has 0 bridgehead atoms. The van der Waals surface area contributed by atoms with E-state index in [0.29, 0.717) is 30.4 Å². The number of carbonyl (C=O) groups excluding carboxylic acids is 1. The second-order valence-electron chi connectivity index (χ2n) is 7.58. The first kappa shape index (κ1) is 21.1. The molecule has 1 aromatic heterocycles. The summed E-state index contributed by atoms with van der Waals surface area (Å²) in [6.07, 6.45) is 5.08. The summed E-state index contributed by atoms with van der Waals surface area (Å²) in [4.78, 5) is 23.3. The smallest absolute Gasteiger partial charge is 0.253 e. The van der Waals surface area contributed by atoms with Crippen LogP contribution in [0.15, 0.2) is 30.3 Å². The second-order valence-corrected chi connectivity index (χ2v) is 7.58. The normalized spacial score (nSPS) is 14.7. The molecule has 1 saturated heterocycles. The van der Waals surface area contributed by atoms with Crippen molar-refractivity contribution in [1.29, 1.82) is 0 Å². The number of benzene rings is 1. The van der Waals surface area contributed by atoms with Gasteiger partial charge < -0.3 is 14.4 Å². The average molecular weight is 398 g/mol. The molecule has 0 saturated carbocycles.